The van der Waals surface area contributed by atoms with Gasteiger partial charge >= 0.3 is 0 Å². The van der Waals surface area contributed by atoms with Crippen molar-refractivity contribution in [2.75, 3.05) is 21.3 Å². The molecule has 1 aromatic heterocycles. The molecule has 1 aromatic carbocycles. The van der Waals surface area contributed by atoms with Gasteiger partial charge in [-0.2, -0.15) is 12.6 Å². The molecule has 2 aromatic rings. The number of fused-ring (bicyclic) bond motifs is 1. The highest BCUT2D eigenvalue weighted by Crippen LogP contribution is 2.41. The Morgan fingerprint density at radius 2 is 1.89 bits per heavy atom. The molecule has 0 bridgehead atoms. The predicted molar refractivity (Wildman–Crippen MR) is 74.7 cm³/mol. The molecule has 0 saturated carbocycles. The van der Waals surface area contributed by atoms with Crippen molar-refractivity contribution in [1.82, 2.24) is 9.97 Å². The molecule has 2 rings (SSSR count). The van der Waals surface area contributed by atoms with Crippen LogP contribution < -0.4 is 19.8 Å². The van der Waals surface area contributed by atoms with E-state index in [1.54, 1.807) is 6.07 Å². The Morgan fingerprint density at radius 1 is 1.21 bits per heavy atom. The molecular weight excluding hydrogens is 268 g/mol. The molecule has 0 atom stereocenters. The van der Waals surface area contributed by atoms with E-state index in [1.807, 2.05) is 0 Å². The Balaban J connectivity index is 2.92. The van der Waals surface area contributed by atoms with E-state index in [1.165, 1.54) is 21.3 Å². The molecule has 6 nitrogen and oxygen atoms in total. The summed E-state index contributed by atoms with van der Waals surface area (Å²) in [5, 5.41) is 0.325. The summed E-state index contributed by atoms with van der Waals surface area (Å²) in [5.74, 6) is 1.94. The molecule has 1 heterocycles. The number of hydrogen-bond acceptors (Lipinski definition) is 6. The van der Waals surface area contributed by atoms with Gasteiger partial charge < -0.3 is 19.2 Å². The lowest BCUT2D eigenvalue weighted by atomic mass is 10.2. The van der Waals surface area contributed by atoms with Gasteiger partial charge in [0, 0.05) is 11.8 Å². The summed E-state index contributed by atoms with van der Waals surface area (Å²) in [4.78, 5) is 19.0. The average molecular weight is 282 g/mol. The number of nitrogens with zero attached hydrogens (tertiary/aromatic N) is 1. The normalized spacial score (nSPS) is 10.5. The van der Waals surface area contributed by atoms with E-state index in [0.29, 0.717) is 39.7 Å². The fourth-order valence-corrected chi connectivity index (χ4v) is 2.04. The second kappa shape index (κ2) is 5.40. The molecular formula is C12H14N2O4S. The standard InChI is InChI=1S/C12H14N2O4S/c1-16-7-4-6-9(11(18-3)10(7)17-2)12(15)14-8(5-19)13-6/h4,19H,5H2,1-3H3,(H,13,14,15). The van der Waals surface area contributed by atoms with Crippen molar-refractivity contribution < 1.29 is 14.2 Å². The lowest BCUT2D eigenvalue weighted by molar-refractivity contribution is 0.327. The van der Waals surface area contributed by atoms with Crippen LogP contribution in [0.5, 0.6) is 17.2 Å². The number of rotatable bonds is 4. The minimum Gasteiger partial charge on any atom is -0.493 e. The lowest BCUT2D eigenvalue weighted by Gasteiger charge is -2.14. The first-order valence-corrected chi connectivity index (χ1v) is 6.12. The van der Waals surface area contributed by atoms with Gasteiger partial charge in [-0.3, -0.25) is 4.79 Å². The molecule has 102 valence electrons. The van der Waals surface area contributed by atoms with Crippen LogP contribution >= 0.6 is 12.6 Å². The van der Waals surface area contributed by atoms with Gasteiger partial charge in [-0.15, -0.1) is 0 Å². The van der Waals surface area contributed by atoms with Gasteiger partial charge in [0.15, 0.2) is 11.5 Å². The van der Waals surface area contributed by atoms with Crippen LogP contribution in [0.1, 0.15) is 5.82 Å². The molecule has 0 amide bonds. The average Bonchev–Trinajstić information content (AvgIpc) is 2.44. The Bertz CT molecular complexity index is 669. The Hall–Kier alpha value is -1.89. The van der Waals surface area contributed by atoms with E-state index < -0.39 is 0 Å². The van der Waals surface area contributed by atoms with Crippen LogP contribution in [0, 0.1) is 0 Å². The number of methoxy groups -OCH3 is 3. The van der Waals surface area contributed by atoms with E-state index in [9.17, 15) is 4.79 Å². The summed E-state index contributed by atoms with van der Waals surface area (Å²) in [7, 11) is 4.45. The van der Waals surface area contributed by atoms with Crippen molar-refractivity contribution in [2.24, 2.45) is 0 Å². The number of thiol groups is 1. The van der Waals surface area contributed by atoms with Crippen molar-refractivity contribution in [3.63, 3.8) is 0 Å². The van der Waals surface area contributed by atoms with Crippen LogP contribution in [0.15, 0.2) is 10.9 Å². The van der Waals surface area contributed by atoms with Crippen molar-refractivity contribution >= 4 is 23.5 Å². The van der Waals surface area contributed by atoms with Gasteiger partial charge in [0.1, 0.15) is 11.2 Å². The third-order valence-corrected chi connectivity index (χ3v) is 3.00. The fourth-order valence-electron chi connectivity index (χ4n) is 1.89. The molecule has 7 heteroatoms. The summed E-state index contributed by atoms with van der Waals surface area (Å²) in [6, 6.07) is 1.64. The van der Waals surface area contributed by atoms with Gasteiger partial charge in [0.25, 0.3) is 5.56 Å². The zero-order valence-electron chi connectivity index (χ0n) is 10.8. The molecule has 0 aliphatic rings. The van der Waals surface area contributed by atoms with Crippen molar-refractivity contribution in [3.05, 3.63) is 22.2 Å². The summed E-state index contributed by atoms with van der Waals surface area (Å²) < 4.78 is 15.7. The number of ether oxygens (including phenoxy) is 3. The van der Waals surface area contributed by atoms with E-state index >= 15 is 0 Å². The van der Waals surface area contributed by atoms with E-state index in [-0.39, 0.29) is 5.56 Å². The number of aromatic amines is 1. The molecule has 0 saturated heterocycles. The quantitative estimate of drug-likeness (QED) is 0.829. The second-order valence-electron chi connectivity index (χ2n) is 3.71. The van der Waals surface area contributed by atoms with Gasteiger partial charge in [-0.25, -0.2) is 4.98 Å². The van der Waals surface area contributed by atoms with Crippen LogP contribution in [-0.2, 0) is 5.75 Å². The molecule has 0 radical (unpaired) electrons. The summed E-state index contributed by atoms with van der Waals surface area (Å²) in [6.45, 7) is 0. The SMILES string of the molecule is COc1cc2nc(CS)[nH]c(=O)c2c(OC)c1OC. The van der Waals surface area contributed by atoms with Crippen LogP contribution in [0.3, 0.4) is 0 Å². The number of aromatic nitrogens is 2. The Kier molecular flexibility index (Phi) is 3.84. The van der Waals surface area contributed by atoms with Crippen LogP contribution in [0.2, 0.25) is 0 Å². The number of hydrogen-bond donors (Lipinski definition) is 2. The highest BCUT2D eigenvalue weighted by Gasteiger charge is 2.19. The first-order chi connectivity index (χ1) is 9.15. The fraction of sp³-hybridized carbons (Fsp3) is 0.333. The molecule has 0 spiro atoms. The van der Waals surface area contributed by atoms with Crippen molar-refractivity contribution in [2.45, 2.75) is 5.75 Å². The second-order valence-corrected chi connectivity index (χ2v) is 4.03. The first kappa shape index (κ1) is 13.5. The number of H-pyrrole nitrogens is 1. The molecule has 1 N–H and O–H groups in total. The van der Waals surface area contributed by atoms with Crippen molar-refractivity contribution in [1.29, 1.82) is 0 Å². The minimum atomic E-state index is -0.299. The molecule has 19 heavy (non-hydrogen) atoms. The van der Waals surface area contributed by atoms with Gasteiger partial charge in [-0.05, 0) is 0 Å². The third-order valence-electron chi connectivity index (χ3n) is 2.70. The monoisotopic (exact) mass is 282 g/mol. The van der Waals surface area contributed by atoms with Gasteiger partial charge in [-0.1, -0.05) is 0 Å². The molecule has 0 aliphatic heterocycles. The zero-order valence-corrected chi connectivity index (χ0v) is 11.7. The van der Waals surface area contributed by atoms with Crippen LogP contribution in [0.25, 0.3) is 10.9 Å². The predicted octanol–water partition coefficient (Wildman–Crippen LogP) is 1.38. The van der Waals surface area contributed by atoms with Crippen LogP contribution in [-0.4, -0.2) is 31.3 Å². The maximum atomic E-state index is 12.1. The lowest BCUT2D eigenvalue weighted by Crippen LogP contribution is -2.13. The summed E-state index contributed by atoms with van der Waals surface area (Å²) >= 11 is 4.10. The smallest absolute Gasteiger partial charge is 0.262 e. The van der Waals surface area contributed by atoms with E-state index in [2.05, 4.69) is 22.6 Å². The summed E-state index contributed by atoms with van der Waals surface area (Å²) in [6.07, 6.45) is 0. The molecule has 0 unspecified atom stereocenters. The largest absolute Gasteiger partial charge is 0.493 e. The number of nitrogens with one attached hydrogen (secondary N) is 1. The maximum Gasteiger partial charge on any atom is 0.262 e. The van der Waals surface area contributed by atoms with Gasteiger partial charge in [0.2, 0.25) is 5.75 Å². The Morgan fingerprint density at radius 3 is 2.42 bits per heavy atom. The Labute approximate surface area is 115 Å². The van der Waals surface area contributed by atoms with Crippen LogP contribution in [0.4, 0.5) is 0 Å². The third kappa shape index (κ3) is 2.21. The molecule has 0 aliphatic carbocycles. The minimum absolute atomic E-state index is 0.299. The van der Waals surface area contributed by atoms with E-state index in [4.69, 9.17) is 14.2 Å². The number of benzene rings is 1. The van der Waals surface area contributed by atoms with Crippen molar-refractivity contribution in [3.8, 4) is 17.2 Å². The highest BCUT2D eigenvalue weighted by molar-refractivity contribution is 7.79. The first-order valence-electron chi connectivity index (χ1n) is 5.49. The topological polar surface area (TPSA) is 73.4 Å². The maximum absolute atomic E-state index is 12.1. The molecule has 0 fully saturated rings. The summed E-state index contributed by atoms with van der Waals surface area (Å²) in [5.41, 5.74) is 0.175. The highest BCUT2D eigenvalue weighted by atomic mass is 32.1. The van der Waals surface area contributed by atoms with Gasteiger partial charge in [0.05, 0.1) is 26.8 Å². The van der Waals surface area contributed by atoms with E-state index in [0.717, 1.165) is 0 Å². The zero-order chi connectivity index (χ0) is 14.0.